The fraction of sp³-hybridized carbons (Fsp3) is 0.0870. The van der Waals surface area contributed by atoms with Crippen LogP contribution in [0, 0.1) is 0 Å². The molecular formula is C23H22N3P. The summed E-state index contributed by atoms with van der Waals surface area (Å²) in [7, 11) is 3.37. The highest BCUT2D eigenvalue weighted by Gasteiger charge is 2.19. The van der Waals surface area contributed by atoms with Crippen molar-refractivity contribution < 1.29 is 0 Å². The Morgan fingerprint density at radius 2 is 1.11 bits per heavy atom. The van der Waals surface area contributed by atoms with Gasteiger partial charge in [0.1, 0.15) is 0 Å². The van der Waals surface area contributed by atoms with Gasteiger partial charge in [-0.3, -0.25) is 0 Å². The fourth-order valence-corrected chi connectivity index (χ4v) is 5.56. The van der Waals surface area contributed by atoms with Gasteiger partial charge in [0, 0.05) is 31.8 Å². The van der Waals surface area contributed by atoms with Crippen LogP contribution in [-0.2, 0) is 14.1 Å². The van der Waals surface area contributed by atoms with Crippen molar-refractivity contribution in [2.45, 2.75) is 0 Å². The fourth-order valence-electron chi connectivity index (χ4n) is 3.18. The van der Waals surface area contributed by atoms with E-state index in [2.05, 4.69) is 84.9 Å². The van der Waals surface area contributed by atoms with Crippen LogP contribution < -0.4 is 21.5 Å². The number of benzene rings is 3. The Morgan fingerprint density at radius 3 is 1.67 bits per heavy atom. The summed E-state index contributed by atoms with van der Waals surface area (Å²) in [5, 5.41) is 3.93. The minimum absolute atomic E-state index is 0.680. The molecule has 4 rings (SSSR count). The molecule has 0 aliphatic rings. The molecule has 4 heteroatoms. The third-order valence-electron chi connectivity index (χ3n) is 4.52. The summed E-state index contributed by atoms with van der Waals surface area (Å²) in [5.41, 5.74) is 1.95. The van der Waals surface area contributed by atoms with Gasteiger partial charge in [0.2, 0.25) is 5.62 Å². The highest BCUT2D eigenvalue weighted by atomic mass is 31.1. The molecule has 0 aliphatic carbocycles. The molecule has 0 atom stereocenters. The molecule has 1 aromatic heterocycles. The van der Waals surface area contributed by atoms with Crippen LogP contribution >= 0.6 is 7.92 Å². The highest BCUT2D eigenvalue weighted by molar-refractivity contribution is 7.80. The van der Waals surface area contributed by atoms with E-state index in [4.69, 9.17) is 4.99 Å². The first-order valence-corrected chi connectivity index (χ1v) is 10.3. The standard InChI is InChI=1S/C23H22N3P/c1-25-17-18-26(2)23(25)24-21-15-9-10-16-22(21)27(19-11-5-3-6-12-19)20-13-7-4-8-14-20/h3-18H,1-2H3. The molecule has 0 saturated carbocycles. The number of nitrogens with zero attached hydrogens (tertiary/aromatic N) is 3. The SMILES string of the molecule is Cn1ccn(C)c1=Nc1ccccc1P(c1ccccc1)c1ccccc1. The normalized spacial score (nSPS) is 10.9. The number of aryl methyl sites for hydroxylation is 2. The zero-order chi connectivity index (χ0) is 18.6. The van der Waals surface area contributed by atoms with Crippen molar-refractivity contribution in [3.63, 3.8) is 0 Å². The third-order valence-corrected chi connectivity index (χ3v) is 7.01. The van der Waals surface area contributed by atoms with Gasteiger partial charge >= 0.3 is 0 Å². The van der Waals surface area contributed by atoms with Gasteiger partial charge in [0.25, 0.3) is 0 Å². The molecule has 0 spiro atoms. The van der Waals surface area contributed by atoms with Crippen LogP contribution in [0.15, 0.2) is 102 Å². The van der Waals surface area contributed by atoms with Gasteiger partial charge in [0.05, 0.1) is 5.69 Å². The molecular weight excluding hydrogens is 349 g/mol. The van der Waals surface area contributed by atoms with Crippen LogP contribution in [0.3, 0.4) is 0 Å². The molecule has 0 N–H and O–H groups in total. The Bertz CT molecular complexity index is 1030. The molecule has 4 aromatic rings. The van der Waals surface area contributed by atoms with E-state index in [0.717, 1.165) is 11.3 Å². The minimum atomic E-state index is -0.680. The summed E-state index contributed by atoms with van der Waals surface area (Å²) in [6.45, 7) is 0. The van der Waals surface area contributed by atoms with Crippen molar-refractivity contribution in [1.82, 2.24) is 9.13 Å². The molecule has 0 radical (unpaired) electrons. The van der Waals surface area contributed by atoms with Crippen LogP contribution in [-0.4, -0.2) is 9.13 Å². The summed E-state index contributed by atoms with van der Waals surface area (Å²) >= 11 is 0. The molecule has 0 bridgehead atoms. The monoisotopic (exact) mass is 371 g/mol. The third kappa shape index (κ3) is 3.65. The number of rotatable bonds is 4. The van der Waals surface area contributed by atoms with Gasteiger partial charge in [-0.25, -0.2) is 4.99 Å². The lowest BCUT2D eigenvalue weighted by atomic mass is 10.3. The molecule has 3 aromatic carbocycles. The van der Waals surface area contributed by atoms with E-state index in [0.29, 0.717) is 0 Å². The molecule has 134 valence electrons. The Balaban J connectivity index is 1.94. The number of hydrogen-bond acceptors (Lipinski definition) is 1. The quantitative estimate of drug-likeness (QED) is 0.491. The molecule has 3 nitrogen and oxygen atoms in total. The zero-order valence-corrected chi connectivity index (χ0v) is 16.4. The van der Waals surface area contributed by atoms with Crippen molar-refractivity contribution in [3.8, 4) is 0 Å². The van der Waals surface area contributed by atoms with Gasteiger partial charge in [-0.05, 0) is 24.6 Å². The smallest absolute Gasteiger partial charge is 0.209 e. The van der Waals surface area contributed by atoms with Crippen LogP contribution in [0.25, 0.3) is 0 Å². The van der Waals surface area contributed by atoms with Crippen molar-refractivity contribution in [2.75, 3.05) is 0 Å². The number of imidazole rings is 1. The summed E-state index contributed by atoms with van der Waals surface area (Å²) in [6, 6.07) is 30.0. The first-order chi connectivity index (χ1) is 13.2. The maximum atomic E-state index is 5.01. The van der Waals surface area contributed by atoms with Crippen LogP contribution in [0.2, 0.25) is 0 Å². The molecule has 0 unspecified atom stereocenters. The predicted octanol–water partition coefficient (Wildman–Crippen LogP) is 3.35. The van der Waals surface area contributed by atoms with Crippen molar-refractivity contribution in [3.05, 3.63) is 103 Å². The molecule has 0 aliphatic heterocycles. The molecule has 27 heavy (non-hydrogen) atoms. The summed E-state index contributed by atoms with van der Waals surface area (Å²) in [5.74, 6) is 0. The van der Waals surface area contributed by atoms with E-state index in [9.17, 15) is 0 Å². The average molecular weight is 371 g/mol. The van der Waals surface area contributed by atoms with Crippen molar-refractivity contribution in [1.29, 1.82) is 0 Å². The van der Waals surface area contributed by atoms with Gasteiger partial charge in [-0.15, -0.1) is 0 Å². The Hall–Kier alpha value is -2.90. The summed E-state index contributed by atoms with van der Waals surface area (Å²) in [6.07, 6.45) is 4.05. The maximum absolute atomic E-state index is 5.01. The zero-order valence-electron chi connectivity index (χ0n) is 15.5. The van der Waals surface area contributed by atoms with E-state index in [1.165, 1.54) is 15.9 Å². The highest BCUT2D eigenvalue weighted by Crippen LogP contribution is 2.36. The van der Waals surface area contributed by atoms with Crippen molar-refractivity contribution in [2.24, 2.45) is 19.1 Å². The maximum Gasteiger partial charge on any atom is 0.209 e. The lowest BCUT2D eigenvalue weighted by molar-refractivity contribution is 0.746. The van der Waals surface area contributed by atoms with E-state index in [1.54, 1.807) is 0 Å². The van der Waals surface area contributed by atoms with Crippen molar-refractivity contribution >= 4 is 29.5 Å². The van der Waals surface area contributed by atoms with Crippen LogP contribution in [0.5, 0.6) is 0 Å². The van der Waals surface area contributed by atoms with E-state index in [-0.39, 0.29) is 0 Å². The van der Waals surface area contributed by atoms with Gasteiger partial charge in [0.15, 0.2) is 0 Å². The Labute approximate surface area is 161 Å². The molecule has 1 heterocycles. The van der Waals surface area contributed by atoms with Gasteiger partial charge < -0.3 is 9.13 Å². The topological polar surface area (TPSA) is 22.2 Å². The lowest BCUT2D eigenvalue weighted by Gasteiger charge is -2.20. The predicted molar refractivity (Wildman–Crippen MR) is 115 cm³/mol. The van der Waals surface area contributed by atoms with E-state index in [1.807, 2.05) is 35.6 Å². The largest absolute Gasteiger partial charge is 0.320 e. The van der Waals surface area contributed by atoms with E-state index >= 15 is 0 Å². The lowest BCUT2D eigenvalue weighted by Crippen LogP contribution is -2.24. The summed E-state index contributed by atoms with van der Waals surface area (Å²) < 4.78 is 4.09. The minimum Gasteiger partial charge on any atom is -0.320 e. The average Bonchev–Trinajstić information content (AvgIpc) is 3.03. The Kier molecular flexibility index (Phi) is 5.04. The van der Waals surface area contributed by atoms with Crippen LogP contribution in [0.1, 0.15) is 0 Å². The van der Waals surface area contributed by atoms with Gasteiger partial charge in [-0.2, -0.15) is 0 Å². The first-order valence-electron chi connectivity index (χ1n) is 8.96. The Morgan fingerprint density at radius 1 is 0.630 bits per heavy atom. The second-order valence-electron chi connectivity index (χ2n) is 6.43. The number of aromatic nitrogens is 2. The van der Waals surface area contributed by atoms with Crippen LogP contribution in [0.4, 0.5) is 5.69 Å². The first kappa shape index (κ1) is 17.5. The second-order valence-corrected chi connectivity index (χ2v) is 8.61. The summed E-state index contributed by atoms with van der Waals surface area (Å²) in [4.78, 5) is 5.01. The number of hydrogen-bond donors (Lipinski definition) is 0. The van der Waals surface area contributed by atoms with Gasteiger partial charge in [-0.1, -0.05) is 78.9 Å². The van der Waals surface area contributed by atoms with E-state index < -0.39 is 7.92 Å². The second kappa shape index (κ2) is 7.77. The molecule has 0 amide bonds. The molecule has 0 fully saturated rings. The number of para-hydroxylation sites is 1. The molecule has 0 saturated heterocycles.